The summed E-state index contributed by atoms with van der Waals surface area (Å²) in [4.78, 5) is 46.1. The van der Waals surface area contributed by atoms with E-state index in [0.29, 0.717) is 12.8 Å². The molecule has 0 spiro atoms. The smallest absolute Gasteiger partial charge is 0.472 e. The van der Waals surface area contributed by atoms with E-state index in [1.165, 1.54) is 135 Å². The van der Waals surface area contributed by atoms with Crippen molar-refractivity contribution in [1.82, 2.24) is 5.32 Å². The molecule has 374 valence electrons. The number of allylic oxidation sites excluding steroid dienone is 6. The van der Waals surface area contributed by atoms with E-state index >= 15 is 0 Å². The zero-order valence-corrected chi connectivity index (χ0v) is 41.7. The molecular weight excluding hydrogens is 830 g/mol. The average molecular weight is 926 g/mol. The largest absolute Gasteiger partial charge is 0.480 e. The summed E-state index contributed by atoms with van der Waals surface area (Å²) < 4.78 is 27.0. The van der Waals surface area contributed by atoms with E-state index < -0.39 is 57.6 Å². The number of rotatable bonds is 49. The molecule has 3 unspecified atom stereocenters. The molecule has 0 heterocycles. The third-order valence-corrected chi connectivity index (χ3v) is 12.4. The van der Waals surface area contributed by atoms with Gasteiger partial charge in [0.25, 0.3) is 0 Å². The molecule has 12 heteroatoms. The summed E-state index contributed by atoms with van der Waals surface area (Å²) in [7, 11) is -4.76. The average Bonchev–Trinajstić information content (AvgIpc) is 3.27. The van der Waals surface area contributed by atoms with Crippen LogP contribution in [-0.4, -0.2) is 64.9 Å². The lowest BCUT2D eigenvalue weighted by molar-refractivity contribution is -0.147. The third-order valence-electron chi connectivity index (χ3n) is 11.4. The Morgan fingerprint density at radius 3 is 1.31 bits per heavy atom. The van der Waals surface area contributed by atoms with Gasteiger partial charge in [-0.1, -0.05) is 217 Å². The van der Waals surface area contributed by atoms with Crippen LogP contribution in [-0.2, 0) is 32.7 Å². The first kappa shape index (κ1) is 61.7. The number of phosphoric ester groups is 1. The van der Waals surface area contributed by atoms with Crippen molar-refractivity contribution in [1.29, 1.82) is 0 Å². The van der Waals surface area contributed by atoms with Crippen LogP contribution in [0.3, 0.4) is 0 Å². The number of nitrogens with one attached hydrogen (secondary N) is 1. The van der Waals surface area contributed by atoms with Crippen LogP contribution in [0.1, 0.15) is 245 Å². The highest BCUT2D eigenvalue weighted by Crippen LogP contribution is 2.43. The first-order chi connectivity index (χ1) is 31.1. The topological polar surface area (TPSA) is 169 Å². The van der Waals surface area contributed by atoms with E-state index in [0.717, 1.165) is 70.6 Å². The molecule has 0 bridgehead atoms. The molecule has 0 saturated carbocycles. The van der Waals surface area contributed by atoms with Crippen molar-refractivity contribution in [3.63, 3.8) is 0 Å². The molecule has 3 atom stereocenters. The molecule has 0 rings (SSSR count). The van der Waals surface area contributed by atoms with Gasteiger partial charge in [0.05, 0.1) is 13.2 Å². The number of hydrogen-bond acceptors (Lipinski definition) is 8. The van der Waals surface area contributed by atoms with E-state index in [1.807, 2.05) is 0 Å². The van der Waals surface area contributed by atoms with Crippen molar-refractivity contribution >= 4 is 25.7 Å². The molecule has 0 radical (unpaired) electrons. The minimum absolute atomic E-state index is 0.131. The molecule has 0 saturated heterocycles. The van der Waals surface area contributed by atoms with Crippen molar-refractivity contribution in [3.8, 4) is 0 Å². The number of hydrogen-bond donors (Lipinski definition) is 4. The summed E-state index contributed by atoms with van der Waals surface area (Å²) in [5, 5.41) is 21.9. The number of amides is 1. The number of ether oxygens (including phenoxy) is 1. The van der Waals surface area contributed by atoms with Crippen LogP contribution in [0.4, 0.5) is 0 Å². The van der Waals surface area contributed by atoms with E-state index in [4.69, 9.17) is 13.8 Å². The van der Waals surface area contributed by atoms with Gasteiger partial charge in [-0.05, 0) is 51.4 Å². The fraction of sp³-hybridized carbons (Fsp3) is 0.827. The number of carboxylic acid groups (broad SMARTS) is 1. The summed E-state index contributed by atoms with van der Waals surface area (Å²) in [6.07, 6.45) is 53.1. The monoisotopic (exact) mass is 926 g/mol. The number of carbonyl (C=O) groups is 3. The number of carboxylic acids is 1. The summed E-state index contributed by atoms with van der Waals surface area (Å²) in [6.45, 7) is 2.60. The van der Waals surface area contributed by atoms with Gasteiger partial charge in [0.1, 0.15) is 12.7 Å². The van der Waals surface area contributed by atoms with Gasteiger partial charge in [0, 0.05) is 12.8 Å². The number of aliphatic carboxylic acids is 1. The summed E-state index contributed by atoms with van der Waals surface area (Å²) >= 11 is 0. The number of aliphatic hydroxyl groups excluding tert-OH is 1. The predicted molar refractivity (Wildman–Crippen MR) is 263 cm³/mol. The van der Waals surface area contributed by atoms with Crippen LogP contribution in [0.25, 0.3) is 0 Å². The van der Waals surface area contributed by atoms with Crippen LogP contribution in [0.5, 0.6) is 0 Å². The van der Waals surface area contributed by atoms with Crippen LogP contribution in [0.2, 0.25) is 0 Å². The molecule has 0 aliphatic heterocycles. The highest BCUT2D eigenvalue weighted by molar-refractivity contribution is 7.47. The van der Waals surface area contributed by atoms with Gasteiger partial charge in [-0.2, -0.15) is 0 Å². The molecule has 64 heavy (non-hydrogen) atoms. The van der Waals surface area contributed by atoms with E-state index in [1.54, 1.807) is 0 Å². The Morgan fingerprint density at radius 2 is 0.859 bits per heavy atom. The third kappa shape index (κ3) is 46.2. The number of carbonyl (C=O) groups excluding carboxylic acids is 2. The van der Waals surface area contributed by atoms with Crippen LogP contribution in [0.15, 0.2) is 36.5 Å². The lowest BCUT2D eigenvalue weighted by Gasteiger charge is -2.18. The second kappa shape index (κ2) is 47.2. The highest BCUT2D eigenvalue weighted by Gasteiger charge is 2.28. The highest BCUT2D eigenvalue weighted by atomic mass is 31.2. The van der Waals surface area contributed by atoms with Crippen LogP contribution in [0, 0.1) is 0 Å². The molecule has 11 nitrogen and oxygen atoms in total. The molecule has 4 N–H and O–H groups in total. The van der Waals surface area contributed by atoms with Crippen molar-refractivity contribution in [2.45, 2.75) is 257 Å². The molecule has 0 aromatic carbocycles. The first-order valence-electron chi connectivity index (χ1n) is 26.0. The second-order valence-electron chi connectivity index (χ2n) is 17.7. The summed E-state index contributed by atoms with van der Waals surface area (Å²) in [6, 6.07) is -1.55. The van der Waals surface area contributed by atoms with Crippen LogP contribution < -0.4 is 5.32 Å². The number of unbranched alkanes of at least 4 members (excludes halogenated alkanes) is 29. The van der Waals surface area contributed by atoms with E-state index in [2.05, 4.69) is 55.6 Å². The standard InChI is InChI=1S/C52H96NO10P/c1-3-5-7-9-11-13-15-17-19-21-23-24-26-28-30-32-34-36-38-40-42-44-51(56)61-45-48(54)46-62-64(59,60)63-47-49(52(57)58)53-50(55)43-41-39-37-35-33-31-29-27-25-22-20-18-16-14-12-10-8-6-4-2/h12,14,18,20,25,27,48-49,54H,3-11,13,15-17,19,21-24,26,28-47H2,1-2H3,(H,53,55)(H,57,58)(H,59,60)/b14-12-,20-18-,27-25-. The van der Waals surface area contributed by atoms with E-state index in [-0.39, 0.29) is 12.8 Å². The van der Waals surface area contributed by atoms with Gasteiger partial charge in [-0.15, -0.1) is 0 Å². The first-order valence-corrected chi connectivity index (χ1v) is 27.5. The van der Waals surface area contributed by atoms with Gasteiger partial charge in [-0.25, -0.2) is 9.36 Å². The lowest BCUT2D eigenvalue weighted by atomic mass is 10.0. The molecule has 0 aliphatic carbocycles. The Kier molecular flexibility index (Phi) is 45.5. The van der Waals surface area contributed by atoms with Gasteiger partial charge in [-0.3, -0.25) is 18.6 Å². The molecule has 1 amide bonds. The Morgan fingerprint density at radius 1 is 0.500 bits per heavy atom. The fourth-order valence-electron chi connectivity index (χ4n) is 7.38. The number of phosphoric acid groups is 1. The summed E-state index contributed by atoms with van der Waals surface area (Å²) in [5.74, 6) is -2.38. The minimum atomic E-state index is -4.76. The lowest BCUT2D eigenvalue weighted by Crippen LogP contribution is -2.43. The summed E-state index contributed by atoms with van der Waals surface area (Å²) in [5.41, 5.74) is 0. The van der Waals surface area contributed by atoms with Crippen LogP contribution >= 0.6 is 7.82 Å². The zero-order chi connectivity index (χ0) is 47.0. The quantitative estimate of drug-likeness (QED) is 0.0199. The zero-order valence-electron chi connectivity index (χ0n) is 40.8. The Hall–Kier alpha value is -2.30. The Bertz CT molecular complexity index is 1220. The Labute approximate surface area is 391 Å². The maximum Gasteiger partial charge on any atom is 0.472 e. The molecular formula is C52H96NO10P. The molecule has 0 aromatic rings. The fourth-order valence-corrected chi connectivity index (χ4v) is 8.16. The SMILES string of the molecule is CCCCC/C=C\C/C=C\C/C=C\CCCCCCCCC(=O)NC(COP(=O)(O)OCC(O)COC(=O)CCCCCCCCCCCCCCCCCCCCCCC)C(=O)O. The Balaban J connectivity index is 3.82. The molecule has 0 aliphatic rings. The maximum atomic E-state index is 12.4. The van der Waals surface area contributed by atoms with Gasteiger partial charge in [0.15, 0.2) is 6.04 Å². The second-order valence-corrected chi connectivity index (χ2v) is 19.2. The molecule has 0 fully saturated rings. The number of aliphatic hydroxyl groups is 1. The predicted octanol–water partition coefficient (Wildman–Crippen LogP) is 14.3. The van der Waals surface area contributed by atoms with E-state index in [9.17, 15) is 34.1 Å². The van der Waals surface area contributed by atoms with Gasteiger partial charge < -0.3 is 25.2 Å². The van der Waals surface area contributed by atoms with Gasteiger partial charge in [0.2, 0.25) is 5.91 Å². The maximum absolute atomic E-state index is 12.4. The van der Waals surface area contributed by atoms with Crippen molar-refractivity contribution < 1.29 is 47.8 Å². The van der Waals surface area contributed by atoms with Crippen molar-refractivity contribution in [3.05, 3.63) is 36.5 Å². The van der Waals surface area contributed by atoms with Crippen molar-refractivity contribution in [2.24, 2.45) is 0 Å². The molecule has 0 aromatic heterocycles. The normalized spacial score (nSPS) is 13.8. The number of esters is 1. The van der Waals surface area contributed by atoms with Crippen molar-refractivity contribution in [2.75, 3.05) is 19.8 Å². The minimum Gasteiger partial charge on any atom is -0.480 e. The van der Waals surface area contributed by atoms with Gasteiger partial charge >= 0.3 is 19.8 Å².